The van der Waals surface area contributed by atoms with Crippen LogP contribution >= 0.6 is 0 Å². The Labute approximate surface area is 177 Å². The Bertz CT molecular complexity index is 968. The number of amides is 2. The Morgan fingerprint density at radius 1 is 1.10 bits per heavy atom. The average Bonchev–Trinajstić information content (AvgIpc) is 3.04. The van der Waals surface area contributed by atoms with E-state index in [-0.39, 0.29) is 23.1 Å². The highest BCUT2D eigenvalue weighted by Gasteiger charge is 2.50. The van der Waals surface area contributed by atoms with Gasteiger partial charge in [0, 0.05) is 5.54 Å². The zero-order valence-corrected chi connectivity index (χ0v) is 17.2. The van der Waals surface area contributed by atoms with E-state index in [9.17, 15) is 22.4 Å². The van der Waals surface area contributed by atoms with Crippen LogP contribution in [-0.4, -0.2) is 47.1 Å². The summed E-state index contributed by atoms with van der Waals surface area (Å²) in [6, 6.07) is 6.20. The van der Waals surface area contributed by atoms with Crippen molar-refractivity contribution in [1.82, 2.24) is 20.2 Å². The molecule has 1 aromatic carbocycles. The summed E-state index contributed by atoms with van der Waals surface area (Å²) in [4.78, 5) is 22.8. The maximum atomic E-state index is 13.9. The number of nitrogens with zero attached hydrogens (tertiary/aromatic N) is 4. The predicted octanol–water partition coefficient (Wildman–Crippen LogP) is 3.93. The van der Waals surface area contributed by atoms with Crippen molar-refractivity contribution in [3.8, 4) is 0 Å². The van der Waals surface area contributed by atoms with Gasteiger partial charge in [-0.2, -0.15) is 13.2 Å². The first-order chi connectivity index (χ1) is 14.5. The molecule has 1 spiro atoms. The van der Waals surface area contributed by atoms with Crippen molar-refractivity contribution in [2.45, 2.75) is 42.9 Å². The molecule has 2 aromatic rings. The number of hydrogen-bond acceptors (Lipinski definition) is 4. The number of carbonyl (C=O) groups excluding carboxylic acids is 1. The third-order valence-electron chi connectivity index (χ3n) is 6.53. The van der Waals surface area contributed by atoms with E-state index < -0.39 is 17.5 Å². The maximum absolute atomic E-state index is 13.9. The van der Waals surface area contributed by atoms with E-state index in [1.165, 1.54) is 11.0 Å². The maximum Gasteiger partial charge on any atom is 0.451 e. The minimum absolute atomic E-state index is 0.219. The molecule has 2 amide bonds. The molecule has 1 aromatic heterocycles. The molecular formula is C21H23F4N5O. The SMILES string of the molecule is CN(C)C1(c2cccc(F)c2)CCC2(CC1)CN(c1cnc(C(F)(F)F)nc1)C(=O)N2. The van der Waals surface area contributed by atoms with Crippen LogP contribution in [0.25, 0.3) is 0 Å². The Hall–Kier alpha value is -2.75. The zero-order chi connectivity index (χ0) is 22.4. The normalized spacial score (nSPS) is 26.5. The molecule has 2 fully saturated rings. The fourth-order valence-electron chi connectivity index (χ4n) is 4.72. The lowest BCUT2D eigenvalue weighted by atomic mass is 9.69. The van der Waals surface area contributed by atoms with E-state index in [4.69, 9.17) is 0 Å². The lowest BCUT2D eigenvalue weighted by Gasteiger charge is -2.48. The summed E-state index contributed by atoms with van der Waals surface area (Å²) in [6.07, 6.45) is 0.0874. The number of benzene rings is 1. The van der Waals surface area contributed by atoms with Crippen LogP contribution in [0.1, 0.15) is 37.1 Å². The standard InChI is InChI=1S/C21H23F4N5O/c1-29(2)20(14-4-3-5-15(22)10-14)8-6-19(7-9-20)13-30(18(31)28-19)16-11-26-17(27-12-16)21(23,24)25/h3-5,10-12H,6-9,13H2,1-2H3,(H,28,31). The van der Waals surface area contributed by atoms with Crippen molar-refractivity contribution in [2.75, 3.05) is 25.5 Å². The summed E-state index contributed by atoms with van der Waals surface area (Å²) in [5.41, 5.74) is 0.247. The van der Waals surface area contributed by atoms with Crippen LogP contribution in [0.4, 0.5) is 28.0 Å². The summed E-state index contributed by atoms with van der Waals surface area (Å²) in [6.45, 7) is 0.313. The summed E-state index contributed by atoms with van der Waals surface area (Å²) in [5, 5.41) is 3.02. The van der Waals surface area contributed by atoms with Crippen molar-refractivity contribution in [2.24, 2.45) is 0 Å². The van der Waals surface area contributed by atoms with E-state index >= 15 is 0 Å². The number of carbonyl (C=O) groups is 1. The highest BCUT2D eigenvalue weighted by molar-refractivity contribution is 5.95. The molecule has 0 bridgehead atoms. The van der Waals surface area contributed by atoms with Gasteiger partial charge in [-0.3, -0.25) is 9.80 Å². The van der Waals surface area contributed by atoms with Crippen molar-refractivity contribution < 1.29 is 22.4 Å². The van der Waals surface area contributed by atoms with Crippen LogP contribution in [0, 0.1) is 5.82 Å². The van der Waals surface area contributed by atoms with Gasteiger partial charge < -0.3 is 5.32 Å². The summed E-state index contributed by atoms with van der Waals surface area (Å²) >= 11 is 0. The van der Waals surface area contributed by atoms with Crippen LogP contribution < -0.4 is 10.2 Å². The fourth-order valence-corrected chi connectivity index (χ4v) is 4.72. The van der Waals surface area contributed by atoms with Gasteiger partial charge in [0.25, 0.3) is 0 Å². The monoisotopic (exact) mass is 437 g/mol. The molecule has 2 heterocycles. The second kappa shape index (κ2) is 7.44. The van der Waals surface area contributed by atoms with Gasteiger partial charge in [0.05, 0.1) is 30.2 Å². The predicted molar refractivity (Wildman–Crippen MR) is 106 cm³/mol. The third-order valence-corrected chi connectivity index (χ3v) is 6.53. The number of hydrogen-bond donors (Lipinski definition) is 1. The lowest BCUT2D eigenvalue weighted by Crippen LogP contribution is -2.54. The van der Waals surface area contributed by atoms with E-state index in [0.717, 1.165) is 18.0 Å². The summed E-state index contributed by atoms with van der Waals surface area (Å²) in [5.74, 6) is -1.53. The van der Waals surface area contributed by atoms with Gasteiger partial charge in [0.1, 0.15) is 5.82 Å². The molecule has 0 radical (unpaired) electrons. The van der Waals surface area contributed by atoms with Gasteiger partial charge >= 0.3 is 12.2 Å². The molecule has 1 saturated carbocycles. The largest absolute Gasteiger partial charge is 0.451 e. The van der Waals surface area contributed by atoms with Crippen LogP contribution in [0.3, 0.4) is 0 Å². The van der Waals surface area contributed by atoms with E-state index in [1.807, 2.05) is 20.2 Å². The molecule has 1 aliphatic carbocycles. The Kier molecular flexibility index (Phi) is 5.15. The number of aromatic nitrogens is 2. The molecule has 0 atom stereocenters. The van der Waals surface area contributed by atoms with Crippen molar-refractivity contribution in [3.63, 3.8) is 0 Å². The Balaban J connectivity index is 1.53. The minimum Gasteiger partial charge on any atom is -0.330 e. The first-order valence-electron chi connectivity index (χ1n) is 9.97. The molecule has 1 N–H and O–H groups in total. The second-order valence-corrected chi connectivity index (χ2v) is 8.50. The fraction of sp³-hybridized carbons (Fsp3) is 0.476. The first kappa shape index (κ1) is 21.5. The number of alkyl halides is 3. The Morgan fingerprint density at radius 2 is 1.74 bits per heavy atom. The number of urea groups is 1. The molecular weight excluding hydrogens is 414 g/mol. The van der Waals surface area contributed by atoms with E-state index in [0.29, 0.717) is 32.2 Å². The van der Waals surface area contributed by atoms with Crippen molar-refractivity contribution in [3.05, 3.63) is 53.9 Å². The van der Waals surface area contributed by atoms with Gasteiger partial charge in [-0.15, -0.1) is 0 Å². The van der Waals surface area contributed by atoms with Gasteiger partial charge in [-0.25, -0.2) is 19.2 Å². The topological polar surface area (TPSA) is 61.4 Å². The molecule has 6 nitrogen and oxygen atoms in total. The number of nitrogens with one attached hydrogen (secondary N) is 1. The van der Waals surface area contributed by atoms with Gasteiger partial charge in [-0.05, 0) is 57.5 Å². The number of halogens is 4. The van der Waals surface area contributed by atoms with Crippen molar-refractivity contribution in [1.29, 1.82) is 0 Å². The first-order valence-corrected chi connectivity index (χ1v) is 9.97. The van der Waals surface area contributed by atoms with Crippen LogP contribution in [-0.2, 0) is 11.7 Å². The van der Waals surface area contributed by atoms with Gasteiger partial charge in [-0.1, -0.05) is 12.1 Å². The van der Waals surface area contributed by atoms with E-state index in [2.05, 4.69) is 20.2 Å². The van der Waals surface area contributed by atoms with Gasteiger partial charge in [0.15, 0.2) is 0 Å². The molecule has 4 rings (SSSR count). The van der Waals surface area contributed by atoms with Crippen molar-refractivity contribution >= 4 is 11.7 Å². The number of rotatable bonds is 3. The molecule has 1 aliphatic heterocycles. The molecule has 166 valence electrons. The molecule has 2 aliphatic rings. The lowest BCUT2D eigenvalue weighted by molar-refractivity contribution is -0.144. The summed E-state index contributed by atoms with van der Waals surface area (Å²) in [7, 11) is 3.92. The van der Waals surface area contributed by atoms with Crippen LogP contribution in [0.5, 0.6) is 0 Å². The molecule has 31 heavy (non-hydrogen) atoms. The van der Waals surface area contributed by atoms with Crippen LogP contribution in [0.15, 0.2) is 36.7 Å². The highest BCUT2D eigenvalue weighted by atomic mass is 19.4. The average molecular weight is 437 g/mol. The number of anilines is 1. The summed E-state index contributed by atoms with van der Waals surface area (Å²) < 4.78 is 52.0. The molecule has 0 unspecified atom stereocenters. The minimum atomic E-state index is -4.64. The van der Waals surface area contributed by atoms with Crippen LogP contribution in [0.2, 0.25) is 0 Å². The highest BCUT2D eigenvalue weighted by Crippen LogP contribution is 2.46. The second-order valence-electron chi connectivity index (χ2n) is 8.50. The quantitative estimate of drug-likeness (QED) is 0.740. The van der Waals surface area contributed by atoms with E-state index in [1.54, 1.807) is 12.1 Å². The third kappa shape index (κ3) is 3.84. The van der Waals surface area contributed by atoms with Gasteiger partial charge in [0.2, 0.25) is 5.82 Å². The molecule has 10 heteroatoms. The zero-order valence-electron chi connectivity index (χ0n) is 17.2. The smallest absolute Gasteiger partial charge is 0.330 e. The molecule has 1 saturated heterocycles. The Morgan fingerprint density at radius 3 is 2.29 bits per heavy atom.